The summed E-state index contributed by atoms with van der Waals surface area (Å²) in [6.07, 6.45) is 6.17. The van der Waals surface area contributed by atoms with Crippen molar-refractivity contribution in [3.63, 3.8) is 0 Å². The highest BCUT2D eigenvalue weighted by Crippen LogP contribution is 2.20. The summed E-state index contributed by atoms with van der Waals surface area (Å²) < 4.78 is 5.28. The lowest BCUT2D eigenvalue weighted by Gasteiger charge is -2.32. The van der Waals surface area contributed by atoms with Crippen molar-refractivity contribution >= 4 is 28.2 Å². The molecule has 31 heavy (non-hydrogen) atoms. The number of hydrogen-bond donors (Lipinski definition) is 2. The number of aromatic amines is 1. The van der Waals surface area contributed by atoms with E-state index in [4.69, 9.17) is 17.0 Å². The average molecular weight is 445 g/mol. The third-order valence-corrected chi connectivity index (χ3v) is 6.67. The molecule has 3 rings (SSSR count). The number of benzene rings is 1. The van der Waals surface area contributed by atoms with E-state index >= 15 is 0 Å². The van der Waals surface area contributed by atoms with Gasteiger partial charge in [-0.2, -0.15) is 0 Å². The lowest BCUT2D eigenvalue weighted by molar-refractivity contribution is 0.261. The molecule has 1 aliphatic rings. The summed E-state index contributed by atoms with van der Waals surface area (Å²) >= 11 is 5.82. The highest BCUT2D eigenvalue weighted by Gasteiger charge is 2.19. The van der Waals surface area contributed by atoms with Gasteiger partial charge in [0.1, 0.15) is 5.75 Å². The van der Waals surface area contributed by atoms with E-state index in [1.165, 1.54) is 32.1 Å². The molecule has 0 bridgehead atoms. The fourth-order valence-electron chi connectivity index (χ4n) is 4.24. The summed E-state index contributed by atoms with van der Waals surface area (Å²) in [6.45, 7) is 8.57. The monoisotopic (exact) mass is 444 g/mol. The smallest absolute Gasteiger partial charge is 0.253 e. The van der Waals surface area contributed by atoms with E-state index < -0.39 is 0 Å². The number of thiocarbonyl (C=S) groups is 1. The van der Waals surface area contributed by atoms with E-state index in [-0.39, 0.29) is 5.56 Å². The van der Waals surface area contributed by atoms with Crippen LogP contribution < -0.4 is 15.6 Å². The fourth-order valence-corrected chi connectivity index (χ4v) is 4.57. The number of aromatic nitrogens is 1. The fraction of sp³-hybridized carbons (Fsp3) is 0.583. The van der Waals surface area contributed by atoms with Gasteiger partial charge in [-0.05, 0) is 61.7 Å². The molecule has 1 aromatic carbocycles. The summed E-state index contributed by atoms with van der Waals surface area (Å²) in [5, 5.41) is 5.33. The lowest BCUT2D eigenvalue weighted by Crippen LogP contribution is -2.47. The summed E-state index contributed by atoms with van der Waals surface area (Å²) in [5.41, 5.74) is 1.43. The Kier molecular flexibility index (Phi) is 8.72. The predicted molar refractivity (Wildman–Crippen MR) is 132 cm³/mol. The minimum atomic E-state index is -0.0749. The van der Waals surface area contributed by atoms with Crippen molar-refractivity contribution in [1.82, 2.24) is 20.1 Å². The average Bonchev–Trinajstić information content (AvgIpc) is 2.79. The maximum Gasteiger partial charge on any atom is 0.253 e. The molecule has 0 saturated heterocycles. The first kappa shape index (κ1) is 23.5. The van der Waals surface area contributed by atoms with E-state index in [0.717, 1.165) is 53.5 Å². The lowest BCUT2D eigenvalue weighted by atomic mass is 9.96. The van der Waals surface area contributed by atoms with Gasteiger partial charge in [-0.25, -0.2) is 0 Å². The Morgan fingerprint density at radius 1 is 1.16 bits per heavy atom. The van der Waals surface area contributed by atoms with Crippen LogP contribution in [0.5, 0.6) is 5.75 Å². The maximum atomic E-state index is 12.8. The van der Waals surface area contributed by atoms with E-state index in [0.29, 0.717) is 12.6 Å². The number of H-pyrrole nitrogens is 1. The first-order chi connectivity index (χ1) is 15.0. The van der Waals surface area contributed by atoms with Gasteiger partial charge in [0.05, 0.1) is 19.2 Å². The molecular formula is C24H36N4O2S. The molecule has 0 atom stereocenters. The SMILES string of the molecule is CCN(CC)CCN(Cc1cc2ccc(OC)cc2[nH]c1=O)C(=S)NC1CCCCC1. The molecule has 0 spiro atoms. The molecule has 1 fully saturated rings. The van der Waals surface area contributed by atoms with Crippen LogP contribution >= 0.6 is 12.2 Å². The molecular weight excluding hydrogens is 408 g/mol. The van der Waals surface area contributed by atoms with Gasteiger partial charge in [-0.1, -0.05) is 33.1 Å². The van der Waals surface area contributed by atoms with Crippen LogP contribution in [0.3, 0.4) is 0 Å². The minimum absolute atomic E-state index is 0.0749. The maximum absolute atomic E-state index is 12.8. The Balaban J connectivity index is 1.79. The molecule has 7 heteroatoms. The van der Waals surface area contributed by atoms with Crippen LogP contribution in [-0.2, 0) is 6.54 Å². The highest BCUT2D eigenvalue weighted by molar-refractivity contribution is 7.80. The van der Waals surface area contributed by atoms with Crippen LogP contribution in [-0.4, -0.2) is 59.2 Å². The largest absolute Gasteiger partial charge is 0.497 e. The van der Waals surface area contributed by atoms with Gasteiger partial charge >= 0.3 is 0 Å². The van der Waals surface area contributed by atoms with Crippen molar-refractivity contribution in [1.29, 1.82) is 0 Å². The van der Waals surface area contributed by atoms with Gasteiger partial charge in [-0.15, -0.1) is 0 Å². The van der Waals surface area contributed by atoms with E-state index in [1.807, 2.05) is 24.3 Å². The molecule has 2 aromatic rings. The second-order valence-corrected chi connectivity index (χ2v) is 8.70. The Labute approximate surface area is 191 Å². The zero-order valence-corrected chi connectivity index (χ0v) is 19.9. The first-order valence-electron chi connectivity index (χ1n) is 11.5. The summed E-state index contributed by atoms with van der Waals surface area (Å²) in [6, 6.07) is 8.17. The second-order valence-electron chi connectivity index (χ2n) is 8.31. The quantitative estimate of drug-likeness (QED) is 0.572. The van der Waals surface area contributed by atoms with Gasteiger partial charge in [-0.3, -0.25) is 4.79 Å². The Hall–Kier alpha value is -2.12. The van der Waals surface area contributed by atoms with Crippen LogP contribution in [0.25, 0.3) is 10.9 Å². The molecule has 0 radical (unpaired) electrons. The van der Waals surface area contributed by atoms with Gasteiger partial charge in [0.2, 0.25) is 0 Å². The molecule has 1 heterocycles. The van der Waals surface area contributed by atoms with Crippen LogP contribution in [0.1, 0.15) is 51.5 Å². The molecule has 6 nitrogen and oxygen atoms in total. The van der Waals surface area contributed by atoms with Crippen molar-refractivity contribution in [2.45, 2.75) is 58.5 Å². The standard InChI is InChI=1S/C24H36N4O2S/c1-4-27(5-2)13-14-28(24(31)25-20-9-7-6-8-10-20)17-19-15-18-11-12-21(30-3)16-22(18)26-23(19)29/h11-12,15-16,20H,4-10,13-14,17H2,1-3H3,(H,25,31)(H,26,29). The van der Waals surface area contributed by atoms with E-state index in [9.17, 15) is 4.79 Å². The minimum Gasteiger partial charge on any atom is -0.497 e. The van der Waals surface area contributed by atoms with Gasteiger partial charge < -0.3 is 24.8 Å². The molecule has 0 unspecified atom stereocenters. The molecule has 1 aliphatic carbocycles. The van der Waals surface area contributed by atoms with E-state index in [2.05, 4.69) is 33.9 Å². The normalized spacial score (nSPS) is 14.7. The third-order valence-electron chi connectivity index (χ3n) is 6.29. The molecule has 0 amide bonds. The van der Waals surface area contributed by atoms with Crippen LogP contribution in [0.2, 0.25) is 0 Å². The number of rotatable bonds is 9. The van der Waals surface area contributed by atoms with Crippen molar-refractivity contribution < 1.29 is 4.74 Å². The zero-order chi connectivity index (χ0) is 22.2. The Morgan fingerprint density at radius 3 is 2.58 bits per heavy atom. The number of pyridine rings is 1. The molecule has 1 aromatic heterocycles. The van der Waals surface area contributed by atoms with Crippen molar-refractivity contribution in [2.24, 2.45) is 0 Å². The van der Waals surface area contributed by atoms with Crippen molar-refractivity contribution in [2.75, 3.05) is 33.3 Å². The molecule has 170 valence electrons. The number of nitrogens with zero attached hydrogens (tertiary/aromatic N) is 2. The number of hydrogen-bond acceptors (Lipinski definition) is 4. The summed E-state index contributed by atoms with van der Waals surface area (Å²) in [4.78, 5) is 20.4. The van der Waals surface area contributed by atoms with Crippen molar-refractivity contribution in [3.8, 4) is 5.75 Å². The summed E-state index contributed by atoms with van der Waals surface area (Å²) in [5.74, 6) is 0.731. The molecule has 0 aliphatic heterocycles. The van der Waals surface area contributed by atoms with E-state index in [1.54, 1.807) is 7.11 Å². The number of ether oxygens (including phenoxy) is 1. The third kappa shape index (κ3) is 6.43. The van der Waals surface area contributed by atoms with Crippen LogP contribution in [0.15, 0.2) is 29.1 Å². The van der Waals surface area contributed by atoms with Crippen LogP contribution in [0.4, 0.5) is 0 Å². The predicted octanol–water partition coefficient (Wildman–Crippen LogP) is 3.89. The van der Waals surface area contributed by atoms with Crippen molar-refractivity contribution in [3.05, 3.63) is 40.2 Å². The van der Waals surface area contributed by atoms with Gasteiger partial charge in [0.15, 0.2) is 5.11 Å². The Bertz CT molecular complexity index is 919. The van der Waals surface area contributed by atoms with Gasteiger partial charge in [0.25, 0.3) is 5.56 Å². The second kappa shape index (κ2) is 11.5. The molecule has 1 saturated carbocycles. The first-order valence-corrected chi connectivity index (χ1v) is 11.9. The van der Waals surface area contributed by atoms with Crippen LogP contribution in [0, 0.1) is 0 Å². The Morgan fingerprint density at radius 2 is 1.90 bits per heavy atom. The number of methoxy groups -OCH3 is 1. The van der Waals surface area contributed by atoms with Gasteiger partial charge in [0, 0.05) is 30.8 Å². The number of fused-ring (bicyclic) bond motifs is 1. The topological polar surface area (TPSA) is 60.6 Å². The highest BCUT2D eigenvalue weighted by atomic mass is 32.1. The number of nitrogens with one attached hydrogen (secondary N) is 2. The summed E-state index contributed by atoms with van der Waals surface area (Å²) in [7, 11) is 1.63. The number of likely N-dealkylation sites (N-methyl/N-ethyl adjacent to an activating group) is 1. The zero-order valence-electron chi connectivity index (χ0n) is 19.1. The molecule has 2 N–H and O–H groups in total.